The van der Waals surface area contributed by atoms with Crippen LogP contribution in [0.15, 0.2) is 24.3 Å². The number of benzene rings is 1. The van der Waals surface area contributed by atoms with E-state index in [2.05, 4.69) is 19.2 Å². The smallest absolute Gasteiger partial charge is 0.224 e. The average molecular weight is 289 g/mol. The SMILES string of the molecule is CC(C)COc1ccc(NC(=O)CC2CCCCC2)cc1. The molecule has 1 aromatic rings. The van der Waals surface area contributed by atoms with Crippen molar-refractivity contribution >= 4 is 11.6 Å². The molecule has 1 amide bonds. The normalized spacial score (nSPS) is 16.0. The van der Waals surface area contributed by atoms with Crippen molar-refractivity contribution in [3.05, 3.63) is 24.3 Å². The van der Waals surface area contributed by atoms with Crippen molar-refractivity contribution in [1.82, 2.24) is 0 Å². The van der Waals surface area contributed by atoms with Crippen molar-refractivity contribution in [2.24, 2.45) is 11.8 Å². The van der Waals surface area contributed by atoms with Crippen LogP contribution in [0, 0.1) is 11.8 Å². The molecule has 2 rings (SSSR count). The molecule has 21 heavy (non-hydrogen) atoms. The summed E-state index contributed by atoms with van der Waals surface area (Å²) in [5.74, 6) is 2.08. The largest absolute Gasteiger partial charge is 0.493 e. The van der Waals surface area contributed by atoms with Gasteiger partial charge >= 0.3 is 0 Å². The van der Waals surface area contributed by atoms with E-state index in [1.54, 1.807) is 0 Å². The lowest BCUT2D eigenvalue weighted by Gasteiger charge is -2.20. The van der Waals surface area contributed by atoms with Crippen molar-refractivity contribution < 1.29 is 9.53 Å². The Kier molecular flexibility index (Phi) is 6.09. The Morgan fingerprint density at radius 3 is 2.48 bits per heavy atom. The molecule has 0 unspecified atom stereocenters. The molecule has 0 saturated heterocycles. The Bertz CT molecular complexity index is 433. The zero-order valence-electron chi connectivity index (χ0n) is 13.2. The Hall–Kier alpha value is -1.51. The number of rotatable bonds is 6. The molecule has 0 radical (unpaired) electrons. The molecule has 1 fully saturated rings. The minimum atomic E-state index is 0.137. The van der Waals surface area contributed by atoms with Crippen LogP contribution in [0.4, 0.5) is 5.69 Å². The average Bonchev–Trinajstić information content (AvgIpc) is 2.47. The summed E-state index contributed by atoms with van der Waals surface area (Å²) in [5, 5.41) is 2.99. The van der Waals surface area contributed by atoms with Crippen molar-refractivity contribution in [1.29, 1.82) is 0 Å². The first-order valence-corrected chi connectivity index (χ1v) is 8.16. The number of carbonyl (C=O) groups excluding carboxylic acids is 1. The van der Waals surface area contributed by atoms with Gasteiger partial charge in [-0.3, -0.25) is 4.79 Å². The standard InChI is InChI=1S/C18H27NO2/c1-14(2)13-21-17-10-8-16(9-11-17)19-18(20)12-15-6-4-3-5-7-15/h8-11,14-15H,3-7,12-13H2,1-2H3,(H,19,20). The third kappa shape index (κ3) is 5.78. The fourth-order valence-electron chi connectivity index (χ4n) is 2.76. The maximum atomic E-state index is 12.0. The molecule has 1 aliphatic rings. The maximum absolute atomic E-state index is 12.0. The molecule has 1 aromatic carbocycles. The third-order valence-corrected chi connectivity index (χ3v) is 3.92. The van der Waals surface area contributed by atoms with Gasteiger partial charge < -0.3 is 10.1 Å². The minimum absolute atomic E-state index is 0.137. The highest BCUT2D eigenvalue weighted by atomic mass is 16.5. The van der Waals surface area contributed by atoms with Crippen LogP contribution in [0.2, 0.25) is 0 Å². The van der Waals surface area contributed by atoms with E-state index in [1.807, 2.05) is 24.3 Å². The molecule has 0 spiro atoms. The molecular formula is C18H27NO2. The molecule has 116 valence electrons. The molecule has 3 heteroatoms. The van der Waals surface area contributed by atoms with Crippen LogP contribution >= 0.6 is 0 Å². The molecule has 0 bridgehead atoms. The molecule has 0 heterocycles. The fraction of sp³-hybridized carbons (Fsp3) is 0.611. The number of ether oxygens (including phenoxy) is 1. The predicted molar refractivity (Wildman–Crippen MR) is 86.6 cm³/mol. The molecule has 0 aromatic heterocycles. The molecule has 1 aliphatic carbocycles. The fourth-order valence-corrected chi connectivity index (χ4v) is 2.76. The first kappa shape index (κ1) is 15.9. The summed E-state index contributed by atoms with van der Waals surface area (Å²) in [7, 11) is 0. The number of carbonyl (C=O) groups is 1. The van der Waals surface area contributed by atoms with Crippen molar-refractivity contribution in [2.45, 2.75) is 52.4 Å². The molecule has 0 aliphatic heterocycles. The highest BCUT2D eigenvalue weighted by Gasteiger charge is 2.16. The third-order valence-electron chi connectivity index (χ3n) is 3.92. The Morgan fingerprint density at radius 1 is 1.19 bits per heavy atom. The van der Waals surface area contributed by atoms with Gasteiger partial charge in [-0.05, 0) is 48.9 Å². The lowest BCUT2D eigenvalue weighted by atomic mass is 9.87. The number of hydrogen-bond donors (Lipinski definition) is 1. The molecule has 0 atom stereocenters. The van der Waals surface area contributed by atoms with Crippen LogP contribution < -0.4 is 10.1 Å². The van der Waals surface area contributed by atoms with E-state index >= 15 is 0 Å². The van der Waals surface area contributed by atoms with Crippen LogP contribution in [0.25, 0.3) is 0 Å². The summed E-state index contributed by atoms with van der Waals surface area (Å²) in [6, 6.07) is 7.65. The monoisotopic (exact) mass is 289 g/mol. The Balaban J connectivity index is 1.77. The summed E-state index contributed by atoms with van der Waals surface area (Å²) >= 11 is 0. The summed E-state index contributed by atoms with van der Waals surface area (Å²) in [4.78, 5) is 12.0. The van der Waals surface area contributed by atoms with Crippen molar-refractivity contribution in [3.8, 4) is 5.75 Å². The lowest BCUT2D eigenvalue weighted by molar-refractivity contribution is -0.117. The van der Waals surface area contributed by atoms with E-state index < -0.39 is 0 Å². The van der Waals surface area contributed by atoms with Crippen LogP contribution in [-0.2, 0) is 4.79 Å². The second kappa shape index (κ2) is 8.06. The summed E-state index contributed by atoms with van der Waals surface area (Å²) < 4.78 is 5.64. The van der Waals surface area contributed by atoms with Gasteiger partial charge in [0, 0.05) is 12.1 Å². The number of amides is 1. The van der Waals surface area contributed by atoms with Crippen LogP contribution in [-0.4, -0.2) is 12.5 Å². The highest BCUT2D eigenvalue weighted by Crippen LogP contribution is 2.26. The summed E-state index contributed by atoms with van der Waals surface area (Å²) in [6.45, 7) is 4.97. The van der Waals surface area contributed by atoms with Gasteiger partial charge in [0.15, 0.2) is 0 Å². The predicted octanol–water partition coefficient (Wildman–Crippen LogP) is 4.63. The first-order valence-electron chi connectivity index (χ1n) is 8.16. The highest BCUT2D eigenvalue weighted by molar-refractivity contribution is 5.90. The molecule has 1 N–H and O–H groups in total. The first-order chi connectivity index (χ1) is 10.1. The van der Waals surface area contributed by atoms with Gasteiger partial charge in [-0.2, -0.15) is 0 Å². The Morgan fingerprint density at radius 2 is 1.86 bits per heavy atom. The van der Waals surface area contributed by atoms with Gasteiger partial charge in [-0.1, -0.05) is 33.1 Å². The van der Waals surface area contributed by atoms with Gasteiger partial charge in [-0.15, -0.1) is 0 Å². The summed E-state index contributed by atoms with van der Waals surface area (Å²) in [6.07, 6.45) is 6.95. The van der Waals surface area contributed by atoms with Crippen LogP contribution in [0.5, 0.6) is 5.75 Å². The van der Waals surface area contributed by atoms with E-state index in [0.717, 1.165) is 11.4 Å². The van der Waals surface area contributed by atoms with Crippen LogP contribution in [0.3, 0.4) is 0 Å². The zero-order chi connectivity index (χ0) is 15.1. The molecule has 3 nitrogen and oxygen atoms in total. The molecular weight excluding hydrogens is 262 g/mol. The number of anilines is 1. The number of hydrogen-bond acceptors (Lipinski definition) is 2. The van der Waals surface area contributed by atoms with Gasteiger partial charge in [0.05, 0.1) is 6.61 Å². The van der Waals surface area contributed by atoms with E-state index in [1.165, 1.54) is 32.1 Å². The van der Waals surface area contributed by atoms with E-state index in [9.17, 15) is 4.79 Å². The zero-order valence-corrected chi connectivity index (χ0v) is 13.2. The van der Waals surface area contributed by atoms with E-state index in [4.69, 9.17) is 4.74 Å². The van der Waals surface area contributed by atoms with Crippen molar-refractivity contribution in [2.75, 3.05) is 11.9 Å². The molecule has 1 saturated carbocycles. The summed E-state index contributed by atoms with van der Waals surface area (Å²) in [5.41, 5.74) is 0.854. The van der Waals surface area contributed by atoms with E-state index in [-0.39, 0.29) is 5.91 Å². The second-order valence-electron chi connectivity index (χ2n) is 6.49. The van der Waals surface area contributed by atoms with Gasteiger partial charge in [0.1, 0.15) is 5.75 Å². The quantitative estimate of drug-likeness (QED) is 0.829. The van der Waals surface area contributed by atoms with E-state index in [0.29, 0.717) is 24.9 Å². The van der Waals surface area contributed by atoms with Crippen molar-refractivity contribution in [3.63, 3.8) is 0 Å². The van der Waals surface area contributed by atoms with Gasteiger partial charge in [0.25, 0.3) is 0 Å². The Labute approximate surface area is 128 Å². The minimum Gasteiger partial charge on any atom is -0.493 e. The topological polar surface area (TPSA) is 38.3 Å². The maximum Gasteiger partial charge on any atom is 0.224 e. The van der Waals surface area contributed by atoms with Crippen LogP contribution in [0.1, 0.15) is 52.4 Å². The second-order valence-corrected chi connectivity index (χ2v) is 6.49. The number of nitrogens with one attached hydrogen (secondary N) is 1. The lowest BCUT2D eigenvalue weighted by Crippen LogP contribution is -2.18. The van der Waals surface area contributed by atoms with Gasteiger partial charge in [0.2, 0.25) is 5.91 Å². The van der Waals surface area contributed by atoms with Gasteiger partial charge in [-0.25, -0.2) is 0 Å².